The van der Waals surface area contributed by atoms with Crippen molar-refractivity contribution in [2.24, 2.45) is 0 Å². The van der Waals surface area contributed by atoms with E-state index in [0.29, 0.717) is 35.2 Å². The molecule has 0 unspecified atom stereocenters. The first kappa shape index (κ1) is 22.2. The van der Waals surface area contributed by atoms with E-state index in [-0.39, 0.29) is 5.82 Å². The van der Waals surface area contributed by atoms with Crippen molar-refractivity contribution >= 4 is 44.8 Å². The van der Waals surface area contributed by atoms with E-state index in [9.17, 15) is 4.39 Å². The van der Waals surface area contributed by atoms with Crippen LogP contribution in [-0.2, 0) is 0 Å². The minimum atomic E-state index is -0.522. The number of methoxy groups -OCH3 is 1. The summed E-state index contributed by atoms with van der Waals surface area (Å²) in [6.07, 6.45) is 4.61. The lowest BCUT2D eigenvalue weighted by molar-refractivity contribution is 0.403. The van der Waals surface area contributed by atoms with Crippen molar-refractivity contribution in [3.8, 4) is 5.75 Å². The highest BCUT2D eigenvalue weighted by Gasteiger charge is 2.23. The third-order valence-corrected chi connectivity index (χ3v) is 5.45. The van der Waals surface area contributed by atoms with Crippen LogP contribution < -0.4 is 25.6 Å². The molecule has 2 atom stereocenters. The first-order valence-electron chi connectivity index (χ1n) is 10.3. The van der Waals surface area contributed by atoms with Crippen molar-refractivity contribution in [3.05, 3.63) is 53.1 Å². The Bertz CT molecular complexity index is 1090. The van der Waals surface area contributed by atoms with E-state index < -0.39 is 5.82 Å². The van der Waals surface area contributed by atoms with Gasteiger partial charge >= 0.3 is 0 Å². The van der Waals surface area contributed by atoms with Gasteiger partial charge in [0.05, 0.1) is 30.9 Å². The molecular weight excluding hydrogens is 477 g/mol. The molecule has 168 valence electrons. The second-order valence-electron chi connectivity index (χ2n) is 7.80. The van der Waals surface area contributed by atoms with Crippen LogP contribution >= 0.6 is 15.9 Å². The number of hydrogen-bond donors (Lipinski definition) is 3. The molecule has 3 aromatic rings. The fraction of sp³-hybridized carbons (Fsp3) is 0.318. The maximum Gasteiger partial charge on any atom is 0.227 e. The summed E-state index contributed by atoms with van der Waals surface area (Å²) in [5.41, 5.74) is 2.14. The summed E-state index contributed by atoms with van der Waals surface area (Å²) in [5, 5.41) is 9.82. The lowest BCUT2D eigenvalue weighted by Crippen LogP contribution is -2.54. The second-order valence-corrected chi connectivity index (χ2v) is 8.71. The Morgan fingerprint density at radius 2 is 1.88 bits per heavy atom. The summed E-state index contributed by atoms with van der Waals surface area (Å²) < 4.78 is 20.9. The first-order valence-corrected chi connectivity index (χ1v) is 11.1. The van der Waals surface area contributed by atoms with Gasteiger partial charge in [0, 0.05) is 41.5 Å². The van der Waals surface area contributed by atoms with Gasteiger partial charge in [-0.1, -0.05) is 0 Å². The molecule has 0 aliphatic carbocycles. The van der Waals surface area contributed by atoms with E-state index in [1.807, 2.05) is 12.1 Å². The van der Waals surface area contributed by atoms with Crippen molar-refractivity contribution in [1.82, 2.24) is 20.3 Å². The predicted molar refractivity (Wildman–Crippen MR) is 128 cm³/mol. The average molecular weight is 502 g/mol. The molecular formula is C22H25BrFN7O. The molecule has 3 heterocycles. The van der Waals surface area contributed by atoms with E-state index in [1.54, 1.807) is 31.6 Å². The van der Waals surface area contributed by atoms with Gasteiger partial charge in [0.2, 0.25) is 5.95 Å². The monoisotopic (exact) mass is 501 g/mol. The van der Waals surface area contributed by atoms with Gasteiger partial charge in [-0.3, -0.25) is 4.98 Å². The lowest BCUT2D eigenvalue weighted by Gasteiger charge is -2.36. The molecule has 0 bridgehead atoms. The Morgan fingerprint density at radius 3 is 2.59 bits per heavy atom. The van der Waals surface area contributed by atoms with Crippen LogP contribution in [0.1, 0.15) is 13.8 Å². The smallest absolute Gasteiger partial charge is 0.227 e. The van der Waals surface area contributed by atoms with E-state index in [4.69, 9.17) is 4.74 Å². The standard InChI is InChI=1S/C22H25BrFN7O/c1-13-11-31(12-14(2)27-13)22-26-10-18(24)21(30-22)29-16-4-5-20(32-3)19(7-16)28-17-6-15(23)8-25-9-17/h4-10,13-14,27-28H,11-12H2,1-3H3,(H,26,29,30)/t13-,14+. The fourth-order valence-electron chi connectivity index (χ4n) is 3.74. The van der Waals surface area contributed by atoms with Gasteiger partial charge in [-0.25, -0.2) is 9.37 Å². The van der Waals surface area contributed by atoms with E-state index in [2.05, 4.69) is 65.6 Å². The largest absolute Gasteiger partial charge is 0.495 e. The fourth-order valence-corrected chi connectivity index (χ4v) is 4.11. The van der Waals surface area contributed by atoms with Crippen LogP contribution in [0.15, 0.2) is 47.3 Å². The van der Waals surface area contributed by atoms with Gasteiger partial charge in [-0.15, -0.1) is 0 Å². The van der Waals surface area contributed by atoms with Crippen molar-refractivity contribution in [2.75, 3.05) is 35.7 Å². The van der Waals surface area contributed by atoms with Crippen LogP contribution in [0.3, 0.4) is 0 Å². The number of nitrogens with one attached hydrogen (secondary N) is 3. The maximum atomic E-state index is 14.5. The van der Waals surface area contributed by atoms with E-state index >= 15 is 0 Å². The Kier molecular flexibility index (Phi) is 6.71. The molecule has 0 radical (unpaired) electrons. The molecule has 1 aromatic carbocycles. The number of rotatable bonds is 6. The summed E-state index contributed by atoms with van der Waals surface area (Å²) in [5.74, 6) is 0.741. The number of halogens is 2. The zero-order chi connectivity index (χ0) is 22.7. The van der Waals surface area contributed by atoms with Crippen molar-refractivity contribution in [2.45, 2.75) is 25.9 Å². The average Bonchev–Trinajstić information content (AvgIpc) is 2.75. The van der Waals surface area contributed by atoms with Gasteiger partial charge in [0.15, 0.2) is 11.6 Å². The Labute approximate surface area is 194 Å². The highest BCUT2D eigenvalue weighted by molar-refractivity contribution is 9.10. The Hall–Kier alpha value is -2.98. The molecule has 1 fully saturated rings. The van der Waals surface area contributed by atoms with E-state index in [1.165, 1.54) is 6.20 Å². The summed E-state index contributed by atoms with van der Waals surface area (Å²) >= 11 is 3.41. The van der Waals surface area contributed by atoms with Crippen LogP contribution in [0.5, 0.6) is 5.75 Å². The normalized spacial score (nSPS) is 18.3. The summed E-state index contributed by atoms with van der Waals surface area (Å²) in [6, 6.07) is 7.93. The Morgan fingerprint density at radius 1 is 1.09 bits per heavy atom. The number of benzene rings is 1. The summed E-state index contributed by atoms with van der Waals surface area (Å²) in [4.78, 5) is 14.9. The molecule has 2 aromatic heterocycles. The third-order valence-electron chi connectivity index (χ3n) is 5.02. The zero-order valence-corrected chi connectivity index (χ0v) is 19.6. The van der Waals surface area contributed by atoms with E-state index in [0.717, 1.165) is 23.2 Å². The number of pyridine rings is 1. The highest BCUT2D eigenvalue weighted by Crippen LogP contribution is 2.32. The number of ether oxygens (including phenoxy) is 1. The summed E-state index contributed by atoms with van der Waals surface area (Å²) in [7, 11) is 1.60. The van der Waals surface area contributed by atoms with Gasteiger partial charge < -0.3 is 25.6 Å². The molecule has 0 spiro atoms. The van der Waals surface area contributed by atoms with Crippen LogP contribution in [0.4, 0.5) is 33.2 Å². The van der Waals surface area contributed by atoms with Crippen LogP contribution in [0.25, 0.3) is 0 Å². The number of piperazine rings is 1. The second kappa shape index (κ2) is 9.66. The molecule has 0 amide bonds. The van der Waals surface area contributed by atoms with Gasteiger partial charge in [0.25, 0.3) is 0 Å². The molecule has 32 heavy (non-hydrogen) atoms. The Balaban J connectivity index is 1.58. The molecule has 4 rings (SSSR count). The van der Waals surface area contributed by atoms with Crippen LogP contribution in [-0.4, -0.2) is 47.2 Å². The topological polar surface area (TPSA) is 87.2 Å². The third kappa shape index (κ3) is 5.25. The zero-order valence-electron chi connectivity index (χ0n) is 18.1. The SMILES string of the molecule is COc1ccc(Nc2nc(N3C[C@@H](C)N[C@@H](C)C3)ncc2F)cc1Nc1cncc(Br)c1. The molecule has 3 N–H and O–H groups in total. The number of nitrogens with zero attached hydrogens (tertiary/aromatic N) is 4. The van der Waals surface area contributed by atoms with Gasteiger partial charge in [-0.2, -0.15) is 4.98 Å². The van der Waals surface area contributed by atoms with Crippen LogP contribution in [0.2, 0.25) is 0 Å². The first-order chi connectivity index (χ1) is 15.4. The summed E-state index contributed by atoms with van der Waals surface area (Å²) in [6.45, 7) is 5.73. The molecule has 1 aliphatic heterocycles. The van der Waals surface area contributed by atoms with Crippen molar-refractivity contribution < 1.29 is 9.13 Å². The van der Waals surface area contributed by atoms with Crippen LogP contribution in [0, 0.1) is 5.82 Å². The van der Waals surface area contributed by atoms with Crippen molar-refractivity contribution in [1.29, 1.82) is 0 Å². The maximum absolute atomic E-state index is 14.5. The van der Waals surface area contributed by atoms with Gasteiger partial charge in [-0.05, 0) is 54.0 Å². The number of anilines is 5. The predicted octanol–water partition coefficient (Wildman–Crippen LogP) is 4.46. The highest BCUT2D eigenvalue weighted by atomic mass is 79.9. The molecule has 10 heteroatoms. The lowest BCUT2D eigenvalue weighted by atomic mass is 10.1. The quantitative estimate of drug-likeness (QED) is 0.456. The minimum Gasteiger partial charge on any atom is -0.495 e. The van der Waals surface area contributed by atoms with Gasteiger partial charge in [0.1, 0.15) is 5.75 Å². The minimum absolute atomic E-state index is 0.120. The molecule has 1 aliphatic rings. The molecule has 1 saturated heterocycles. The van der Waals surface area contributed by atoms with Crippen molar-refractivity contribution in [3.63, 3.8) is 0 Å². The number of aromatic nitrogens is 3. The molecule has 0 saturated carbocycles. The molecule has 8 nitrogen and oxygen atoms in total. The number of hydrogen-bond acceptors (Lipinski definition) is 8.